The number of hydrogen-bond acceptors (Lipinski definition) is 3. The Kier molecular flexibility index (Phi) is 6.31. The largest absolute Gasteiger partial charge is 0.325 e. The lowest BCUT2D eigenvalue weighted by molar-refractivity contribution is 0.0945. The van der Waals surface area contributed by atoms with Gasteiger partial charge in [-0.2, -0.15) is 0 Å². The van der Waals surface area contributed by atoms with Gasteiger partial charge >= 0.3 is 6.03 Å². The first-order chi connectivity index (χ1) is 15.3. The molecule has 2 heterocycles. The van der Waals surface area contributed by atoms with Crippen LogP contribution in [0, 0.1) is 11.6 Å². The molecule has 4 rings (SSSR count). The molecule has 1 aliphatic rings. The van der Waals surface area contributed by atoms with E-state index in [1.54, 1.807) is 10.6 Å². The number of urea groups is 1. The lowest BCUT2D eigenvalue weighted by Crippen LogP contribution is -2.46. The molecule has 1 atom stereocenters. The fraction of sp³-hybridized carbons (Fsp3) is 0.286. The van der Waals surface area contributed by atoms with E-state index in [0.29, 0.717) is 18.2 Å². The summed E-state index contributed by atoms with van der Waals surface area (Å²) in [5.74, 6) is -1.04. The summed E-state index contributed by atoms with van der Waals surface area (Å²) in [6.45, 7) is 0.537. The van der Waals surface area contributed by atoms with Crippen LogP contribution in [0.15, 0.2) is 42.5 Å². The molecule has 32 heavy (non-hydrogen) atoms. The van der Waals surface area contributed by atoms with Crippen LogP contribution in [0.1, 0.15) is 28.8 Å². The van der Waals surface area contributed by atoms with Crippen LogP contribution in [-0.4, -0.2) is 38.7 Å². The average molecular weight is 468 g/mol. The van der Waals surface area contributed by atoms with Crippen LogP contribution in [0.4, 0.5) is 22.4 Å². The van der Waals surface area contributed by atoms with E-state index in [2.05, 4.69) is 15.5 Å². The van der Waals surface area contributed by atoms with Gasteiger partial charge in [0.2, 0.25) is 0 Å². The maximum Gasteiger partial charge on any atom is 0.318 e. The highest BCUT2D eigenvalue weighted by Crippen LogP contribution is 2.24. The molecule has 0 aliphatic carbocycles. The Morgan fingerprint density at radius 1 is 1.12 bits per heavy atom. The molecule has 0 spiro atoms. The van der Waals surface area contributed by atoms with E-state index in [0.717, 1.165) is 6.07 Å². The number of amides is 2. The maximum atomic E-state index is 14.0. The molecule has 0 saturated carbocycles. The topological polar surface area (TPSA) is 63.1 Å². The fourth-order valence-electron chi connectivity index (χ4n) is 3.59. The minimum absolute atomic E-state index is 0.0328. The van der Waals surface area contributed by atoms with Crippen molar-refractivity contribution in [2.24, 2.45) is 0 Å². The van der Waals surface area contributed by atoms with E-state index in [-0.39, 0.29) is 35.7 Å². The fourth-order valence-corrected chi connectivity index (χ4v) is 3.79. The molecule has 3 aromatic rings. The van der Waals surface area contributed by atoms with Crippen molar-refractivity contribution in [1.29, 1.82) is 0 Å². The van der Waals surface area contributed by atoms with Gasteiger partial charge in [0.05, 0.1) is 6.54 Å². The summed E-state index contributed by atoms with van der Waals surface area (Å²) in [7, 11) is 0. The van der Waals surface area contributed by atoms with Crippen molar-refractivity contribution in [3.63, 3.8) is 0 Å². The van der Waals surface area contributed by atoms with Gasteiger partial charge in [-0.1, -0.05) is 35.9 Å². The molecule has 1 unspecified atom stereocenters. The normalized spacial score (nSPS) is 14.4. The molecule has 0 fully saturated rings. The number of hydrogen-bond donors (Lipinski definition) is 1. The van der Waals surface area contributed by atoms with Crippen molar-refractivity contribution in [2.45, 2.75) is 32.0 Å². The SMILES string of the molecule is O=C(NC(c1cccc(Cl)c1)C(F)F)N1CCn2c(Cc3cccc(F)c3F)nnc2C1. The van der Waals surface area contributed by atoms with E-state index in [9.17, 15) is 22.4 Å². The molecule has 0 bridgehead atoms. The number of halogens is 5. The second-order valence-corrected chi connectivity index (χ2v) is 7.75. The molecule has 6 nitrogen and oxygen atoms in total. The minimum Gasteiger partial charge on any atom is -0.325 e. The molecule has 2 aromatic carbocycles. The molecular formula is C21H18ClF4N5O. The number of aromatic nitrogens is 3. The van der Waals surface area contributed by atoms with E-state index in [1.807, 2.05) is 0 Å². The third-order valence-corrected chi connectivity index (χ3v) is 5.47. The number of benzene rings is 2. The maximum absolute atomic E-state index is 14.0. The Hall–Kier alpha value is -3.14. The second-order valence-electron chi connectivity index (χ2n) is 7.31. The molecular weight excluding hydrogens is 450 g/mol. The zero-order valence-electron chi connectivity index (χ0n) is 16.6. The smallest absolute Gasteiger partial charge is 0.318 e. The van der Waals surface area contributed by atoms with E-state index in [4.69, 9.17) is 11.6 Å². The van der Waals surface area contributed by atoms with Crippen LogP contribution in [0.3, 0.4) is 0 Å². The Balaban J connectivity index is 1.46. The van der Waals surface area contributed by atoms with Crippen LogP contribution in [-0.2, 0) is 19.5 Å². The summed E-state index contributed by atoms with van der Waals surface area (Å²) in [4.78, 5) is 14.0. The third kappa shape index (κ3) is 4.55. The summed E-state index contributed by atoms with van der Waals surface area (Å²) in [5.41, 5.74) is 0.335. The Labute approximate surface area is 185 Å². The highest BCUT2D eigenvalue weighted by atomic mass is 35.5. The highest BCUT2D eigenvalue weighted by molar-refractivity contribution is 6.30. The number of carbonyl (C=O) groups excluding carboxylic acids is 1. The minimum atomic E-state index is -2.83. The van der Waals surface area contributed by atoms with Gasteiger partial charge in [-0.25, -0.2) is 22.4 Å². The molecule has 1 aromatic heterocycles. The van der Waals surface area contributed by atoms with Crippen molar-refractivity contribution in [2.75, 3.05) is 6.54 Å². The first-order valence-corrected chi connectivity index (χ1v) is 10.1. The monoisotopic (exact) mass is 467 g/mol. The number of nitrogens with zero attached hydrogens (tertiary/aromatic N) is 4. The zero-order chi connectivity index (χ0) is 22.8. The van der Waals surface area contributed by atoms with Crippen molar-refractivity contribution in [1.82, 2.24) is 25.0 Å². The summed E-state index contributed by atoms with van der Waals surface area (Å²) in [5, 5.41) is 10.7. The van der Waals surface area contributed by atoms with Crippen LogP contribution in [0.25, 0.3) is 0 Å². The first kappa shape index (κ1) is 22.1. The van der Waals surface area contributed by atoms with Crippen LogP contribution < -0.4 is 5.32 Å². The molecule has 1 N–H and O–H groups in total. The van der Waals surface area contributed by atoms with Crippen molar-refractivity contribution in [3.8, 4) is 0 Å². The molecule has 1 aliphatic heterocycles. The van der Waals surface area contributed by atoms with Gasteiger partial charge in [0.25, 0.3) is 6.43 Å². The van der Waals surface area contributed by atoms with Crippen LogP contribution in [0.2, 0.25) is 5.02 Å². The van der Waals surface area contributed by atoms with Gasteiger partial charge in [0.15, 0.2) is 17.5 Å². The molecule has 0 radical (unpaired) electrons. The second kappa shape index (κ2) is 9.15. The highest BCUT2D eigenvalue weighted by Gasteiger charge is 2.30. The lowest BCUT2D eigenvalue weighted by atomic mass is 10.1. The van der Waals surface area contributed by atoms with Crippen molar-refractivity contribution in [3.05, 3.63) is 81.9 Å². The average Bonchev–Trinajstić information content (AvgIpc) is 3.17. The van der Waals surface area contributed by atoms with Gasteiger partial charge in [-0.3, -0.25) is 0 Å². The molecule has 2 amide bonds. The van der Waals surface area contributed by atoms with Crippen LogP contribution in [0.5, 0.6) is 0 Å². The summed E-state index contributed by atoms with van der Waals surface area (Å²) >= 11 is 5.88. The zero-order valence-corrected chi connectivity index (χ0v) is 17.4. The number of fused-ring (bicyclic) bond motifs is 1. The quantitative estimate of drug-likeness (QED) is 0.568. The molecule has 11 heteroatoms. The van der Waals surface area contributed by atoms with E-state index in [1.165, 1.54) is 35.2 Å². The predicted octanol–water partition coefficient (Wildman–Crippen LogP) is 4.33. The van der Waals surface area contributed by atoms with Gasteiger partial charge in [0, 0.05) is 24.5 Å². The van der Waals surface area contributed by atoms with E-state index < -0.39 is 30.1 Å². The van der Waals surface area contributed by atoms with E-state index >= 15 is 0 Å². The van der Waals surface area contributed by atoms with Crippen LogP contribution >= 0.6 is 11.6 Å². The van der Waals surface area contributed by atoms with Crippen molar-refractivity contribution < 1.29 is 22.4 Å². The van der Waals surface area contributed by atoms with Gasteiger partial charge in [-0.15, -0.1) is 10.2 Å². The van der Waals surface area contributed by atoms with Crippen molar-refractivity contribution >= 4 is 17.6 Å². The predicted molar refractivity (Wildman–Crippen MR) is 108 cm³/mol. The number of rotatable bonds is 5. The standard InChI is InChI=1S/C21H18ClF4N5O/c22-14-5-1-4-13(9-14)19(20(25)26)27-21(32)30-7-8-31-16(28-29-17(31)11-30)10-12-3-2-6-15(23)18(12)24/h1-6,9,19-20H,7-8,10-11H2,(H,27,32). The Bertz CT molecular complexity index is 1140. The lowest BCUT2D eigenvalue weighted by Gasteiger charge is -2.30. The number of alkyl halides is 2. The van der Waals surface area contributed by atoms with Gasteiger partial charge < -0.3 is 14.8 Å². The summed E-state index contributed by atoms with van der Waals surface area (Å²) in [6, 6.07) is 7.64. The summed E-state index contributed by atoms with van der Waals surface area (Å²) < 4.78 is 56.4. The van der Waals surface area contributed by atoms with Gasteiger partial charge in [0.1, 0.15) is 11.9 Å². The molecule has 0 saturated heterocycles. The number of carbonyl (C=O) groups is 1. The Morgan fingerprint density at radius 2 is 1.91 bits per heavy atom. The number of nitrogens with one attached hydrogen (secondary N) is 1. The molecule has 168 valence electrons. The third-order valence-electron chi connectivity index (χ3n) is 5.24. The van der Waals surface area contributed by atoms with Gasteiger partial charge in [-0.05, 0) is 29.3 Å². The summed E-state index contributed by atoms with van der Waals surface area (Å²) in [6.07, 6.45) is -2.80. The Morgan fingerprint density at radius 3 is 2.66 bits per heavy atom. The first-order valence-electron chi connectivity index (χ1n) is 9.76.